The number of hydrogen-bond donors (Lipinski definition) is 0. The molecule has 114 valence electrons. The minimum absolute atomic E-state index is 1.12. The quantitative estimate of drug-likeness (QED) is 0.722. The largest absolute Gasteiger partial charge is 0.0798 e. The summed E-state index contributed by atoms with van der Waals surface area (Å²) in [6, 6.07) is 19.6. The SMILES string of the molecule is C1=CC2=c3ccccc3=CC2=C(CCCCc2ccccc2)C1. The summed E-state index contributed by atoms with van der Waals surface area (Å²) in [7, 11) is 0. The Morgan fingerprint density at radius 1 is 0.739 bits per heavy atom. The van der Waals surface area contributed by atoms with Gasteiger partial charge in [-0.15, -0.1) is 0 Å². The van der Waals surface area contributed by atoms with Crippen LogP contribution in [0.15, 0.2) is 77.9 Å². The van der Waals surface area contributed by atoms with Crippen molar-refractivity contribution in [2.24, 2.45) is 0 Å². The highest BCUT2D eigenvalue weighted by atomic mass is 14.2. The van der Waals surface area contributed by atoms with Gasteiger partial charge in [0.25, 0.3) is 0 Å². The van der Waals surface area contributed by atoms with E-state index >= 15 is 0 Å². The van der Waals surface area contributed by atoms with Crippen molar-refractivity contribution in [3.05, 3.63) is 93.9 Å². The number of unbranched alkanes of at least 4 members (excludes halogenated alkanes) is 1. The topological polar surface area (TPSA) is 0 Å². The predicted octanol–water partition coefficient (Wildman–Crippen LogP) is 4.30. The Hall–Kier alpha value is -2.34. The van der Waals surface area contributed by atoms with E-state index in [0.717, 1.165) is 6.42 Å². The predicted molar refractivity (Wildman–Crippen MR) is 98.3 cm³/mol. The second-order valence-electron chi connectivity index (χ2n) is 6.46. The smallest absolute Gasteiger partial charge is 0.0105 e. The van der Waals surface area contributed by atoms with Crippen LogP contribution in [0.1, 0.15) is 31.2 Å². The molecule has 0 heteroatoms. The molecule has 0 spiro atoms. The van der Waals surface area contributed by atoms with E-state index in [1.807, 2.05) is 0 Å². The molecule has 2 aromatic rings. The van der Waals surface area contributed by atoms with Gasteiger partial charge in [0.15, 0.2) is 0 Å². The summed E-state index contributed by atoms with van der Waals surface area (Å²) in [5, 5.41) is 2.78. The van der Waals surface area contributed by atoms with E-state index in [4.69, 9.17) is 0 Å². The van der Waals surface area contributed by atoms with Gasteiger partial charge in [-0.25, -0.2) is 0 Å². The van der Waals surface area contributed by atoms with Crippen LogP contribution < -0.4 is 10.4 Å². The van der Waals surface area contributed by atoms with Crippen LogP contribution in [0.3, 0.4) is 0 Å². The van der Waals surface area contributed by atoms with E-state index in [-0.39, 0.29) is 0 Å². The molecule has 0 saturated heterocycles. The summed E-state index contributed by atoms with van der Waals surface area (Å²) >= 11 is 0. The van der Waals surface area contributed by atoms with E-state index in [1.54, 1.807) is 5.57 Å². The molecule has 0 aromatic heterocycles. The Bertz CT molecular complexity index is 879. The third-order valence-corrected chi connectivity index (χ3v) is 4.91. The molecule has 0 heterocycles. The Morgan fingerprint density at radius 3 is 2.43 bits per heavy atom. The Labute approximate surface area is 138 Å². The first-order valence-corrected chi connectivity index (χ1v) is 8.66. The standard InChI is InChI=1S/C23H22/c1-2-9-18(10-3-1)11-4-5-12-19-14-8-16-22-21-15-7-6-13-20(21)17-23(19)22/h1-3,6-10,13,15-17H,4-5,11-12,14H2. The third-order valence-electron chi connectivity index (χ3n) is 4.91. The first-order valence-electron chi connectivity index (χ1n) is 8.66. The summed E-state index contributed by atoms with van der Waals surface area (Å²) in [4.78, 5) is 0. The fourth-order valence-corrected chi connectivity index (χ4v) is 3.70. The van der Waals surface area contributed by atoms with Crippen LogP contribution in [-0.4, -0.2) is 0 Å². The molecule has 0 N–H and O–H groups in total. The van der Waals surface area contributed by atoms with Crippen LogP contribution in [0.2, 0.25) is 0 Å². The van der Waals surface area contributed by atoms with E-state index in [1.165, 1.54) is 52.8 Å². The fourth-order valence-electron chi connectivity index (χ4n) is 3.70. The molecule has 0 nitrogen and oxygen atoms in total. The molecule has 0 radical (unpaired) electrons. The Kier molecular flexibility index (Phi) is 3.98. The summed E-state index contributed by atoms with van der Waals surface area (Å²) in [6.45, 7) is 0. The number of rotatable bonds is 5. The molecule has 0 atom stereocenters. The van der Waals surface area contributed by atoms with Gasteiger partial charge in [-0.2, -0.15) is 0 Å². The van der Waals surface area contributed by atoms with Crippen LogP contribution in [0.5, 0.6) is 0 Å². The van der Waals surface area contributed by atoms with Crippen molar-refractivity contribution < 1.29 is 0 Å². The van der Waals surface area contributed by atoms with Crippen molar-refractivity contribution >= 4 is 11.6 Å². The molecule has 4 rings (SSSR count). The second kappa shape index (κ2) is 6.42. The van der Waals surface area contributed by atoms with Gasteiger partial charge in [-0.3, -0.25) is 0 Å². The molecule has 0 bridgehead atoms. The molecule has 2 aliphatic carbocycles. The Morgan fingerprint density at radius 2 is 1.52 bits per heavy atom. The van der Waals surface area contributed by atoms with Gasteiger partial charge < -0.3 is 0 Å². The molecule has 2 aliphatic rings. The number of fused-ring (bicyclic) bond motifs is 2. The zero-order valence-corrected chi connectivity index (χ0v) is 13.5. The molecule has 0 unspecified atom stereocenters. The first kappa shape index (κ1) is 14.3. The second-order valence-corrected chi connectivity index (χ2v) is 6.46. The normalized spacial score (nSPS) is 15.4. The molecule has 0 aliphatic heterocycles. The molecule has 0 fully saturated rings. The van der Waals surface area contributed by atoms with Gasteiger partial charge in [0, 0.05) is 0 Å². The van der Waals surface area contributed by atoms with E-state index in [2.05, 4.69) is 72.8 Å². The lowest BCUT2D eigenvalue weighted by atomic mass is 9.90. The maximum absolute atomic E-state index is 2.39. The van der Waals surface area contributed by atoms with Crippen molar-refractivity contribution in [2.45, 2.75) is 32.1 Å². The van der Waals surface area contributed by atoms with Crippen molar-refractivity contribution in [1.82, 2.24) is 0 Å². The van der Waals surface area contributed by atoms with Crippen LogP contribution in [0.4, 0.5) is 0 Å². The van der Waals surface area contributed by atoms with Crippen molar-refractivity contribution in [1.29, 1.82) is 0 Å². The summed E-state index contributed by atoms with van der Waals surface area (Å²) in [6.07, 6.45) is 13.1. The van der Waals surface area contributed by atoms with Crippen LogP contribution in [0, 0.1) is 0 Å². The molecular formula is C23H22. The maximum Gasteiger partial charge on any atom is -0.0105 e. The van der Waals surface area contributed by atoms with Gasteiger partial charge >= 0.3 is 0 Å². The van der Waals surface area contributed by atoms with Gasteiger partial charge in [0.05, 0.1) is 0 Å². The number of aryl methyl sites for hydroxylation is 1. The van der Waals surface area contributed by atoms with Gasteiger partial charge in [-0.05, 0) is 65.3 Å². The average Bonchev–Trinajstić information content (AvgIpc) is 2.99. The van der Waals surface area contributed by atoms with Gasteiger partial charge in [0.2, 0.25) is 0 Å². The van der Waals surface area contributed by atoms with Gasteiger partial charge in [-0.1, -0.05) is 72.3 Å². The van der Waals surface area contributed by atoms with Crippen molar-refractivity contribution in [3.8, 4) is 0 Å². The highest BCUT2D eigenvalue weighted by Crippen LogP contribution is 2.30. The van der Waals surface area contributed by atoms with E-state index < -0.39 is 0 Å². The van der Waals surface area contributed by atoms with Crippen molar-refractivity contribution in [2.75, 3.05) is 0 Å². The summed E-state index contributed by atoms with van der Waals surface area (Å²) in [5.41, 5.74) is 6.01. The first-order chi connectivity index (χ1) is 11.4. The zero-order chi connectivity index (χ0) is 15.5. The Balaban J connectivity index is 1.47. The monoisotopic (exact) mass is 298 g/mol. The zero-order valence-electron chi connectivity index (χ0n) is 13.5. The lowest BCUT2D eigenvalue weighted by Gasteiger charge is -2.15. The highest BCUT2D eigenvalue weighted by Gasteiger charge is 2.15. The van der Waals surface area contributed by atoms with Crippen LogP contribution in [-0.2, 0) is 6.42 Å². The highest BCUT2D eigenvalue weighted by molar-refractivity contribution is 5.89. The summed E-state index contributed by atoms with van der Waals surface area (Å²) in [5.74, 6) is 0. The lowest BCUT2D eigenvalue weighted by Crippen LogP contribution is -2.21. The molecular weight excluding hydrogens is 276 g/mol. The number of benzene rings is 2. The molecule has 2 aromatic carbocycles. The average molecular weight is 298 g/mol. The summed E-state index contributed by atoms with van der Waals surface area (Å²) < 4.78 is 0. The van der Waals surface area contributed by atoms with Crippen molar-refractivity contribution in [3.63, 3.8) is 0 Å². The van der Waals surface area contributed by atoms with E-state index in [9.17, 15) is 0 Å². The minimum atomic E-state index is 1.12. The maximum atomic E-state index is 2.39. The molecule has 23 heavy (non-hydrogen) atoms. The van der Waals surface area contributed by atoms with Gasteiger partial charge in [0.1, 0.15) is 0 Å². The lowest BCUT2D eigenvalue weighted by molar-refractivity contribution is 0.720. The molecule has 0 saturated carbocycles. The van der Waals surface area contributed by atoms with Crippen LogP contribution in [0.25, 0.3) is 11.6 Å². The third kappa shape index (κ3) is 2.94. The molecule has 0 amide bonds. The number of allylic oxidation sites excluding steroid dienone is 4. The van der Waals surface area contributed by atoms with Crippen LogP contribution >= 0.6 is 0 Å². The number of hydrogen-bond acceptors (Lipinski definition) is 0. The fraction of sp³-hybridized carbons (Fsp3) is 0.217. The minimum Gasteiger partial charge on any atom is -0.0798 e. The van der Waals surface area contributed by atoms with E-state index in [0.29, 0.717) is 0 Å².